The van der Waals surface area contributed by atoms with Crippen molar-refractivity contribution in [2.75, 3.05) is 27.3 Å². The summed E-state index contributed by atoms with van der Waals surface area (Å²) in [7, 11) is 3.41. The second kappa shape index (κ2) is 2.79. The molecule has 1 unspecified atom stereocenters. The number of carbonyl (C=O) groups is 1. The second-order valence-electron chi connectivity index (χ2n) is 3.16. The molecule has 4 nitrogen and oxygen atoms in total. The van der Waals surface area contributed by atoms with Gasteiger partial charge in [-0.15, -0.1) is 0 Å². The molecule has 1 saturated heterocycles. The molecule has 1 rings (SSSR count). The van der Waals surface area contributed by atoms with E-state index >= 15 is 0 Å². The molecule has 1 aliphatic rings. The van der Waals surface area contributed by atoms with E-state index in [1.807, 2.05) is 0 Å². The number of hydrogen-bond acceptors (Lipinski definition) is 3. The lowest BCUT2D eigenvalue weighted by molar-refractivity contribution is -0.134. The Morgan fingerprint density at radius 2 is 2.27 bits per heavy atom. The first-order valence-corrected chi connectivity index (χ1v) is 3.65. The van der Waals surface area contributed by atoms with Gasteiger partial charge in [0.1, 0.15) is 5.54 Å². The van der Waals surface area contributed by atoms with Gasteiger partial charge in [0, 0.05) is 20.7 Å². The maximum Gasteiger partial charge on any atom is 0.244 e. The quantitative estimate of drug-likeness (QED) is 0.543. The van der Waals surface area contributed by atoms with E-state index in [-0.39, 0.29) is 5.91 Å². The van der Waals surface area contributed by atoms with Crippen LogP contribution in [0.2, 0.25) is 0 Å². The van der Waals surface area contributed by atoms with Crippen LogP contribution in [0.4, 0.5) is 0 Å². The lowest BCUT2D eigenvalue weighted by Gasteiger charge is -2.24. The summed E-state index contributed by atoms with van der Waals surface area (Å²) >= 11 is 0. The molecule has 2 N–H and O–H groups in total. The minimum Gasteiger partial charge on any atom is -0.379 e. The average molecular weight is 158 g/mol. The van der Waals surface area contributed by atoms with Crippen LogP contribution in [0.5, 0.6) is 0 Å². The van der Waals surface area contributed by atoms with E-state index in [1.165, 1.54) is 4.90 Å². The molecule has 0 aromatic rings. The molecular weight excluding hydrogens is 144 g/mol. The maximum absolute atomic E-state index is 11.4. The van der Waals surface area contributed by atoms with E-state index in [2.05, 4.69) is 0 Å². The predicted octanol–water partition coefficient (Wildman–Crippen LogP) is -0.808. The molecule has 0 aromatic heterocycles. The van der Waals surface area contributed by atoms with Crippen molar-refractivity contribution in [3.8, 4) is 0 Å². The van der Waals surface area contributed by atoms with Gasteiger partial charge in [0.25, 0.3) is 0 Å². The third-order valence-corrected chi connectivity index (χ3v) is 1.88. The molecule has 0 aliphatic carbocycles. The average Bonchev–Trinajstić information content (AvgIpc) is 2.35. The summed E-state index contributed by atoms with van der Waals surface area (Å²) in [5.41, 5.74) is 5.03. The fourth-order valence-corrected chi connectivity index (χ4v) is 1.19. The first kappa shape index (κ1) is 8.49. The van der Waals surface area contributed by atoms with E-state index in [0.29, 0.717) is 19.6 Å². The number of rotatable bonds is 1. The Morgan fingerprint density at radius 3 is 2.64 bits per heavy atom. The first-order valence-electron chi connectivity index (χ1n) is 3.65. The smallest absolute Gasteiger partial charge is 0.244 e. The van der Waals surface area contributed by atoms with E-state index in [1.54, 1.807) is 14.1 Å². The van der Waals surface area contributed by atoms with Crippen LogP contribution >= 0.6 is 0 Å². The lowest BCUT2D eigenvalue weighted by atomic mass is 9.99. The summed E-state index contributed by atoms with van der Waals surface area (Å²) in [5, 5.41) is 0. The predicted molar refractivity (Wildman–Crippen MR) is 41.0 cm³/mol. The maximum atomic E-state index is 11.4. The van der Waals surface area contributed by atoms with Gasteiger partial charge in [0.05, 0.1) is 6.61 Å². The van der Waals surface area contributed by atoms with Gasteiger partial charge in [-0.3, -0.25) is 4.79 Å². The molecule has 0 spiro atoms. The van der Waals surface area contributed by atoms with E-state index in [9.17, 15) is 4.79 Å². The van der Waals surface area contributed by atoms with Gasteiger partial charge < -0.3 is 15.4 Å². The van der Waals surface area contributed by atoms with Gasteiger partial charge in [-0.05, 0) is 6.42 Å². The summed E-state index contributed by atoms with van der Waals surface area (Å²) in [6, 6.07) is 0. The Morgan fingerprint density at radius 1 is 1.64 bits per heavy atom. The van der Waals surface area contributed by atoms with E-state index in [4.69, 9.17) is 10.5 Å². The summed E-state index contributed by atoms with van der Waals surface area (Å²) in [6.07, 6.45) is 0.629. The van der Waals surface area contributed by atoms with Crippen molar-refractivity contribution in [3.63, 3.8) is 0 Å². The standard InChI is InChI=1S/C7H14N2O2/c1-9(2)6(10)7(8)3-4-11-5-7/h3-5,8H2,1-2H3. The Kier molecular flexibility index (Phi) is 2.15. The molecule has 1 amide bonds. The number of carbonyl (C=O) groups excluding carboxylic acids is 1. The summed E-state index contributed by atoms with van der Waals surface area (Å²) in [4.78, 5) is 12.9. The molecule has 1 fully saturated rings. The van der Waals surface area contributed by atoms with Crippen LogP contribution < -0.4 is 5.73 Å². The van der Waals surface area contributed by atoms with Gasteiger partial charge in [0.2, 0.25) is 5.91 Å². The minimum absolute atomic E-state index is 0.0463. The van der Waals surface area contributed by atoms with Crippen LogP contribution in [0.3, 0.4) is 0 Å². The van der Waals surface area contributed by atoms with Crippen molar-refractivity contribution in [1.82, 2.24) is 4.90 Å². The minimum atomic E-state index is -0.760. The van der Waals surface area contributed by atoms with Crippen LogP contribution in [-0.4, -0.2) is 43.7 Å². The van der Waals surface area contributed by atoms with Crippen molar-refractivity contribution in [2.24, 2.45) is 5.73 Å². The zero-order valence-electron chi connectivity index (χ0n) is 6.96. The number of ether oxygens (including phenoxy) is 1. The topological polar surface area (TPSA) is 55.6 Å². The molecule has 4 heteroatoms. The van der Waals surface area contributed by atoms with Crippen LogP contribution in [0.15, 0.2) is 0 Å². The van der Waals surface area contributed by atoms with Crippen molar-refractivity contribution < 1.29 is 9.53 Å². The van der Waals surface area contributed by atoms with Gasteiger partial charge in [-0.25, -0.2) is 0 Å². The fourth-order valence-electron chi connectivity index (χ4n) is 1.19. The SMILES string of the molecule is CN(C)C(=O)C1(N)CCOC1. The zero-order chi connectivity index (χ0) is 8.48. The summed E-state index contributed by atoms with van der Waals surface area (Å²) < 4.78 is 5.06. The molecule has 1 atom stereocenters. The number of likely N-dealkylation sites (N-methyl/N-ethyl adjacent to an activating group) is 1. The number of nitrogens with two attached hydrogens (primary N) is 1. The molecule has 1 heterocycles. The Balaban J connectivity index is 2.64. The Hall–Kier alpha value is -0.610. The van der Waals surface area contributed by atoms with Crippen LogP contribution in [0, 0.1) is 0 Å². The number of hydrogen-bond donors (Lipinski definition) is 1. The monoisotopic (exact) mass is 158 g/mol. The third-order valence-electron chi connectivity index (χ3n) is 1.88. The molecule has 0 radical (unpaired) electrons. The summed E-state index contributed by atoms with van der Waals surface area (Å²) in [5.74, 6) is -0.0463. The zero-order valence-corrected chi connectivity index (χ0v) is 6.96. The van der Waals surface area contributed by atoms with Crippen molar-refractivity contribution in [3.05, 3.63) is 0 Å². The van der Waals surface area contributed by atoms with Gasteiger partial charge >= 0.3 is 0 Å². The molecule has 0 aromatic carbocycles. The molecule has 0 saturated carbocycles. The Bertz CT molecular complexity index is 162. The van der Waals surface area contributed by atoms with Crippen LogP contribution in [0.1, 0.15) is 6.42 Å². The van der Waals surface area contributed by atoms with Crippen LogP contribution in [-0.2, 0) is 9.53 Å². The third kappa shape index (κ3) is 1.52. The van der Waals surface area contributed by atoms with Gasteiger partial charge in [-0.2, -0.15) is 0 Å². The van der Waals surface area contributed by atoms with Crippen molar-refractivity contribution in [1.29, 1.82) is 0 Å². The number of amides is 1. The highest BCUT2D eigenvalue weighted by Gasteiger charge is 2.39. The normalized spacial score (nSPS) is 30.5. The van der Waals surface area contributed by atoms with Crippen molar-refractivity contribution >= 4 is 5.91 Å². The fraction of sp³-hybridized carbons (Fsp3) is 0.857. The summed E-state index contributed by atoms with van der Waals surface area (Å²) in [6.45, 7) is 0.945. The van der Waals surface area contributed by atoms with Crippen LogP contribution in [0.25, 0.3) is 0 Å². The lowest BCUT2D eigenvalue weighted by Crippen LogP contribution is -2.53. The number of nitrogens with zero attached hydrogens (tertiary/aromatic N) is 1. The van der Waals surface area contributed by atoms with Gasteiger partial charge in [0.15, 0.2) is 0 Å². The second-order valence-corrected chi connectivity index (χ2v) is 3.16. The molecular formula is C7H14N2O2. The highest BCUT2D eigenvalue weighted by Crippen LogP contribution is 2.16. The Labute approximate surface area is 66.3 Å². The highest BCUT2D eigenvalue weighted by atomic mass is 16.5. The van der Waals surface area contributed by atoms with Gasteiger partial charge in [-0.1, -0.05) is 0 Å². The highest BCUT2D eigenvalue weighted by molar-refractivity contribution is 5.86. The largest absolute Gasteiger partial charge is 0.379 e. The molecule has 1 aliphatic heterocycles. The first-order chi connectivity index (χ1) is 5.06. The van der Waals surface area contributed by atoms with E-state index < -0.39 is 5.54 Å². The molecule has 64 valence electrons. The van der Waals surface area contributed by atoms with E-state index in [0.717, 1.165) is 0 Å². The van der Waals surface area contributed by atoms with Crippen molar-refractivity contribution in [2.45, 2.75) is 12.0 Å². The molecule has 11 heavy (non-hydrogen) atoms. The molecule has 0 bridgehead atoms.